The molecule has 0 saturated heterocycles. The van der Waals surface area contributed by atoms with Gasteiger partial charge >= 0.3 is 0 Å². The SMILES string of the molecule is CNO.Cl.N#CN=C1CC2(CCc3ccccc3CC2)Oc2ccc(Br)cc21.[C-]#[N+]c1cccc(-c2ccc3c(c2)C2(CC4(CCc5ccccc5CC4)O3)N=C(N)N(C)O2)c1. The summed E-state index contributed by atoms with van der Waals surface area (Å²) in [5, 5.41) is 18.0. The largest absolute Gasteiger partial charge is 0.487 e. The van der Waals surface area contributed by atoms with E-state index in [0.717, 1.165) is 95.3 Å². The zero-order valence-electron chi connectivity index (χ0n) is 34.7. The summed E-state index contributed by atoms with van der Waals surface area (Å²) >= 11 is 3.50. The van der Waals surface area contributed by atoms with Crippen molar-refractivity contribution < 1.29 is 19.5 Å². The van der Waals surface area contributed by atoms with Gasteiger partial charge in [0.05, 0.1) is 17.8 Å². The molecule has 10 rings (SSSR count). The maximum absolute atomic E-state index is 9.11. The van der Waals surface area contributed by atoms with Crippen LogP contribution in [0.5, 0.6) is 11.5 Å². The van der Waals surface area contributed by atoms with Gasteiger partial charge in [0.1, 0.15) is 22.7 Å². The molecule has 318 valence electrons. The summed E-state index contributed by atoms with van der Waals surface area (Å²) in [6.07, 6.45) is 10.9. The molecule has 0 amide bonds. The number of nitrogens with zero attached hydrogens (tertiary/aromatic N) is 5. The number of aryl methyl sites for hydroxylation is 4. The van der Waals surface area contributed by atoms with Gasteiger partial charge in [-0.1, -0.05) is 88.7 Å². The van der Waals surface area contributed by atoms with Gasteiger partial charge in [-0.25, -0.2) is 25.2 Å². The van der Waals surface area contributed by atoms with E-state index in [2.05, 4.69) is 80.4 Å². The van der Waals surface area contributed by atoms with Gasteiger partial charge in [-0.05, 0) is 121 Å². The van der Waals surface area contributed by atoms with Gasteiger partial charge in [-0.3, -0.25) is 0 Å². The molecule has 0 bridgehead atoms. The Bertz CT molecular complexity index is 2550. The predicted octanol–water partition coefficient (Wildman–Crippen LogP) is 10.2. The van der Waals surface area contributed by atoms with Crippen molar-refractivity contribution in [2.45, 2.75) is 81.1 Å². The van der Waals surface area contributed by atoms with Crippen LogP contribution in [0.2, 0.25) is 0 Å². The van der Waals surface area contributed by atoms with Crippen molar-refractivity contribution in [3.63, 3.8) is 0 Å². The molecule has 4 N–H and O–H groups in total. The summed E-state index contributed by atoms with van der Waals surface area (Å²) in [6.45, 7) is 7.35. The topological polar surface area (TPSA) is 142 Å². The number of nitrogens with one attached hydrogen (secondary N) is 1. The van der Waals surface area contributed by atoms with Crippen molar-refractivity contribution in [3.8, 4) is 28.8 Å². The van der Waals surface area contributed by atoms with Crippen LogP contribution in [0.25, 0.3) is 16.0 Å². The zero-order chi connectivity index (χ0) is 42.6. The second kappa shape index (κ2) is 18.7. The van der Waals surface area contributed by atoms with Crippen molar-refractivity contribution in [1.29, 1.82) is 5.26 Å². The van der Waals surface area contributed by atoms with E-state index < -0.39 is 11.3 Å². The van der Waals surface area contributed by atoms with Crippen LogP contribution in [-0.2, 0) is 36.2 Å². The van der Waals surface area contributed by atoms with Gasteiger partial charge in [0, 0.05) is 37.0 Å². The highest BCUT2D eigenvalue weighted by Gasteiger charge is 2.54. The Hall–Kier alpha value is -5.73. The van der Waals surface area contributed by atoms with E-state index in [1.54, 1.807) is 17.6 Å². The van der Waals surface area contributed by atoms with E-state index in [4.69, 9.17) is 42.1 Å². The summed E-state index contributed by atoms with van der Waals surface area (Å²) in [5.74, 6) is 1.99. The molecule has 5 aromatic carbocycles. The van der Waals surface area contributed by atoms with Crippen LogP contribution in [0.15, 0.2) is 124 Å². The first kappa shape index (κ1) is 44.3. The number of aliphatic imine (C=N–C) groups is 2. The van der Waals surface area contributed by atoms with E-state index in [-0.39, 0.29) is 18.0 Å². The predicted molar refractivity (Wildman–Crippen MR) is 247 cm³/mol. The van der Waals surface area contributed by atoms with E-state index in [1.165, 1.54) is 29.3 Å². The molecule has 3 spiro atoms. The van der Waals surface area contributed by atoms with Crippen molar-refractivity contribution in [1.82, 2.24) is 10.5 Å². The first-order valence-corrected chi connectivity index (χ1v) is 21.4. The number of ether oxygens (including phenoxy) is 2. The maximum Gasteiger partial charge on any atom is 0.222 e. The molecule has 5 aromatic rings. The summed E-state index contributed by atoms with van der Waals surface area (Å²) in [6, 6.07) is 37.0. The zero-order valence-corrected chi connectivity index (χ0v) is 37.1. The number of hydrogen-bond donors (Lipinski definition) is 3. The number of nitriles is 1. The fraction of sp³-hybridized carbons (Fsp3) is 0.306. The number of rotatable bonds is 1. The molecule has 5 aliphatic rings. The van der Waals surface area contributed by atoms with Crippen molar-refractivity contribution in [2.75, 3.05) is 14.1 Å². The minimum absolute atomic E-state index is 0. The molecule has 13 heteroatoms. The highest BCUT2D eigenvalue weighted by Crippen LogP contribution is 2.53. The number of nitrogens with two attached hydrogens (primary N) is 1. The molecule has 1 unspecified atom stereocenters. The molecule has 2 aliphatic carbocycles. The fourth-order valence-corrected chi connectivity index (χ4v) is 9.75. The number of fused-ring (bicyclic) bond motifs is 5. The quantitative estimate of drug-likeness (QED) is 0.0858. The first-order chi connectivity index (χ1) is 29.6. The lowest BCUT2D eigenvalue weighted by molar-refractivity contribution is -0.205. The Kier molecular flexibility index (Phi) is 13.4. The van der Waals surface area contributed by atoms with Crippen molar-refractivity contribution in [3.05, 3.63) is 158 Å². The standard InChI is InChI=1S/C28H26N4O2.C20H17BrN2O.CH5NO.ClH/c1-30-23-9-5-8-21(16-23)22-10-11-25-24(17-22)28(31-26(29)32(2)34-28)18-27(33-25)14-12-19-6-3-4-7-20(19)13-15-27;21-16-5-6-19-17(11-16)18(23-13-22)12-20(24-19)9-7-14-3-1-2-4-15(14)8-10-20;1-2-3;/h3-11,16-17H,12-15,18H2,2H3,(H2,29,31);1-6,11H,7-10,12H2;2-3H,1H3;1H. The van der Waals surface area contributed by atoms with Gasteiger partial charge in [-0.2, -0.15) is 10.3 Å². The summed E-state index contributed by atoms with van der Waals surface area (Å²) in [4.78, 5) is 18.9. The Morgan fingerprint density at radius 1 is 0.823 bits per heavy atom. The average molecular weight is 915 g/mol. The number of hydroxylamine groups is 3. The Morgan fingerprint density at radius 2 is 1.39 bits per heavy atom. The van der Waals surface area contributed by atoms with E-state index in [9.17, 15) is 0 Å². The monoisotopic (exact) mass is 913 g/mol. The second-order valence-corrected chi connectivity index (χ2v) is 17.1. The third-order valence-corrected chi connectivity index (χ3v) is 12.9. The highest BCUT2D eigenvalue weighted by molar-refractivity contribution is 9.10. The number of benzene rings is 5. The summed E-state index contributed by atoms with van der Waals surface area (Å²) < 4.78 is 14.3. The third kappa shape index (κ3) is 9.07. The minimum atomic E-state index is -0.934. The average Bonchev–Trinajstić information content (AvgIpc) is 3.37. The van der Waals surface area contributed by atoms with Crippen LogP contribution in [0.4, 0.5) is 5.69 Å². The molecule has 0 aromatic heterocycles. The van der Waals surface area contributed by atoms with Gasteiger partial charge in [0.15, 0.2) is 5.69 Å². The van der Waals surface area contributed by atoms with Crippen LogP contribution in [-0.4, -0.2) is 47.2 Å². The maximum atomic E-state index is 9.11. The number of halogens is 2. The van der Waals surface area contributed by atoms with Crippen LogP contribution >= 0.6 is 28.3 Å². The van der Waals surface area contributed by atoms with Gasteiger partial charge in [-0.15, -0.1) is 12.4 Å². The van der Waals surface area contributed by atoms with Gasteiger partial charge in [0.2, 0.25) is 17.9 Å². The molecule has 0 fully saturated rings. The highest BCUT2D eigenvalue weighted by atomic mass is 79.9. The minimum Gasteiger partial charge on any atom is -0.487 e. The third-order valence-electron chi connectivity index (χ3n) is 12.4. The number of hydrogen-bond acceptors (Lipinski definition) is 10. The normalized spacial score (nSPS) is 20.2. The lowest BCUT2D eigenvalue weighted by Crippen LogP contribution is -2.48. The Labute approximate surface area is 377 Å². The van der Waals surface area contributed by atoms with Crippen molar-refractivity contribution in [2.24, 2.45) is 15.7 Å². The summed E-state index contributed by atoms with van der Waals surface area (Å²) in [5.41, 5.74) is 17.2. The van der Waals surface area contributed by atoms with E-state index in [0.29, 0.717) is 24.5 Å². The second-order valence-electron chi connectivity index (χ2n) is 16.2. The molecule has 62 heavy (non-hydrogen) atoms. The lowest BCUT2D eigenvalue weighted by atomic mass is 9.79. The molecular formula is C49H49BrClN7O4. The molecule has 11 nitrogen and oxygen atoms in total. The molecule has 3 heterocycles. The van der Waals surface area contributed by atoms with Gasteiger partial charge < -0.3 is 20.4 Å². The van der Waals surface area contributed by atoms with Crippen LogP contribution in [0, 0.1) is 18.0 Å². The van der Waals surface area contributed by atoms with Gasteiger partial charge in [0.25, 0.3) is 0 Å². The van der Waals surface area contributed by atoms with E-state index in [1.807, 2.05) is 60.8 Å². The Balaban J connectivity index is 0.000000182. The number of guanidine groups is 1. The molecule has 0 saturated carbocycles. The first-order valence-electron chi connectivity index (χ1n) is 20.6. The fourth-order valence-electron chi connectivity index (χ4n) is 9.39. The molecular weight excluding hydrogens is 866 g/mol. The van der Waals surface area contributed by atoms with Crippen LogP contribution in [0.1, 0.15) is 71.9 Å². The van der Waals surface area contributed by atoms with Crippen LogP contribution in [0.3, 0.4) is 0 Å². The van der Waals surface area contributed by atoms with Crippen molar-refractivity contribution >= 4 is 45.7 Å². The van der Waals surface area contributed by atoms with Crippen LogP contribution < -0.4 is 20.7 Å². The lowest BCUT2D eigenvalue weighted by Gasteiger charge is -2.45. The molecule has 3 aliphatic heterocycles. The Morgan fingerprint density at radius 3 is 1.95 bits per heavy atom. The molecule has 0 radical (unpaired) electrons. The van der Waals surface area contributed by atoms with E-state index >= 15 is 0 Å². The smallest absolute Gasteiger partial charge is 0.222 e. The summed E-state index contributed by atoms with van der Waals surface area (Å²) in [7, 11) is 3.22. The molecule has 1 atom stereocenters.